The van der Waals surface area contributed by atoms with Crippen LogP contribution in [0.3, 0.4) is 0 Å². The van der Waals surface area contributed by atoms with Crippen molar-refractivity contribution in [1.29, 1.82) is 0 Å². The van der Waals surface area contributed by atoms with Crippen LogP contribution in [0.5, 0.6) is 0 Å². The van der Waals surface area contributed by atoms with Crippen molar-refractivity contribution in [2.75, 3.05) is 26.8 Å². The molecule has 1 unspecified atom stereocenters. The van der Waals surface area contributed by atoms with Gasteiger partial charge in [-0.15, -0.1) is 0 Å². The second-order valence-corrected chi connectivity index (χ2v) is 6.30. The summed E-state index contributed by atoms with van der Waals surface area (Å²) in [5.74, 6) is 0.103. The van der Waals surface area contributed by atoms with Crippen molar-refractivity contribution in [2.24, 2.45) is 5.41 Å². The number of amides is 1. The Morgan fingerprint density at radius 2 is 2.24 bits per heavy atom. The molecule has 1 heterocycles. The van der Waals surface area contributed by atoms with Crippen LogP contribution in [0.1, 0.15) is 36.4 Å². The van der Waals surface area contributed by atoms with Crippen LogP contribution in [0.15, 0.2) is 24.3 Å². The monoisotopic (exact) mass is 288 g/mol. The van der Waals surface area contributed by atoms with Crippen molar-refractivity contribution in [2.45, 2.75) is 31.7 Å². The molecule has 1 fully saturated rings. The molecule has 0 aromatic heterocycles. The Labute approximate surface area is 126 Å². The minimum Gasteiger partial charge on any atom is -0.385 e. The first kappa shape index (κ1) is 14.5. The number of carbonyl (C=O) groups is 1. The van der Waals surface area contributed by atoms with E-state index in [1.54, 1.807) is 7.11 Å². The summed E-state index contributed by atoms with van der Waals surface area (Å²) in [5, 5.41) is 6.49. The Hall–Kier alpha value is -1.39. The lowest BCUT2D eigenvalue weighted by atomic mass is 9.93. The highest BCUT2D eigenvalue weighted by atomic mass is 16.5. The van der Waals surface area contributed by atoms with Crippen molar-refractivity contribution in [3.63, 3.8) is 0 Å². The summed E-state index contributed by atoms with van der Waals surface area (Å²) in [6.45, 7) is 2.42. The van der Waals surface area contributed by atoms with Gasteiger partial charge in [-0.3, -0.25) is 4.79 Å². The van der Waals surface area contributed by atoms with Gasteiger partial charge < -0.3 is 15.4 Å². The SMILES string of the molecule is COCCC1(CNC(=O)C2NCCc3ccccc32)CC1. The van der Waals surface area contributed by atoms with Gasteiger partial charge in [-0.1, -0.05) is 24.3 Å². The third-order valence-electron chi connectivity index (χ3n) is 4.80. The van der Waals surface area contributed by atoms with Crippen LogP contribution in [-0.4, -0.2) is 32.7 Å². The smallest absolute Gasteiger partial charge is 0.241 e. The van der Waals surface area contributed by atoms with Gasteiger partial charge in [0.2, 0.25) is 5.91 Å². The molecule has 1 aliphatic carbocycles. The van der Waals surface area contributed by atoms with E-state index in [9.17, 15) is 4.79 Å². The Kier molecular flexibility index (Phi) is 4.27. The van der Waals surface area contributed by atoms with Gasteiger partial charge in [-0.25, -0.2) is 0 Å². The van der Waals surface area contributed by atoms with E-state index in [0.29, 0.717) is 5.41 Å². The third kappa shape index (κ3) is 3.27. The first-order valence-corrected chi connectivity index (χ1v) is 7.82. The van der Waals surface area contributed by atoms with Crippen LogP contribution in [0.25, 0.3) is 0 Å². The Bertz CT molecular complexity index is 511. The Morgan fingerprint density at radius 1 is 1.43 bits per heavy atom. The summed E-state index contributed by atoms with van der Waals surface area (Å²) in [4.78, 5) is 12.5. The Balaban J connectivity index is 1.59. The summed E-state index contributed by atoms with van der Waals surface area (Å²) < 4.78 is 5.16. The van der Waals surface area contributed by atoms with Crippen molar-refractivity contribution >= 4 is 5.91 Å². The highest BCUT2D eigenvalue weighted by Crippen LogP contribution is 2.48. The second-order valence-electron chi connectivity index (χ2n) is 6.30. The lowest BCUT2D eigenvalue weighted by Gasteiger charge is -2.27. The normalized spacial score (nSPS) is 22.4. The summed E-state index contributed by atoms with van der Waals surface area (Å²) in [6.07, 6.45) is 4.44. The predicted octanol–water partition coefficient (Wildman–Crippen LogP) is 1.81. The number of methoxy groups -OCH3 is 1. The molecule has 2 aliphatic rings. The third-order valence-corrected chi connectivity index (χ3v) is 4.80. The fourth-order valence-electron chi connectivity index (χ4n) is 3.13. The molecule has 4 heteroatoms. The minimum atomic E-state index is -0.201. The zero-order chi connectivity index (χ0) is 14.7. The van der Waals surface area contributed by atoms with Crippen LogP contribution in [0, 0.1) is 5.41 Å². The molecule has 0 bridgehead atoms. The van der Waals surface area contributed by atoms with Gasteiger partial charge in [0.25, 0.3) is 0 Å². The van der Waals surface area contributed by atoms with Gasteiger partial charge >= 0.3 is 0 Å². The van der Waals surface area contributed by atoms with E-state index in [0.717, 1.165) is 38.1 Å². The number of rotatable bonds is 6. The summed E-state index contributed by atoms with van der Waals surface area (Å²) in [5.41, 5.74) is 2.71. The zero-order valence-electron chi connectivity index (χ0n) is 12.7. The van der Waals surface area contributed by atoms with E-state index >= 15 is 0 Å². The molecular weight excluding hydrogens is 264 g/mol. The lowest BCUT2D eigenvalue weighted by molar-refractivity contribution is -0.123. The van der Waals surface area contributed by atoms with Gasteiger partial charge in [0, 0.05) is 26.8 Å². The highest BCUT2D eigenvalue weighted by molar-refractivity contribution is 5.84. The first-order valence-electron chi connectivity index (χ1n) is 7.82. The topological polar surface area (TPSA) is 50.4 Å². The number of fused-ring (bicyclic) bond motifs is 1. The van der Waals surface area contributed by atoms with Gasteiger partial charge in [0.1, 0.15) is 6.04 Å². The maximum atomic E-state index is 12.5. The number of nitrogens with one attached hydrogen (secondary N) is 2. The molecule has 21 heavy (non-hydrogen) atoms. The van der Waals surface area contributed by atoms with E-state index in [-0.39, 0.29) is 11.9 Å². The molecule has 114 valence electrons. The average Bonchev–Trinajstić information content (AvgIpc) is 3.30. The molecular formula is C17H24N2O2. The first-order chi connectivity index (χ1) is 10.2. The average molecular weight is 288 g/mol. The van der Waals surface area contributed by atoms with Crippen LogP contribution in [0.4, 0.5) is 0 Å². The number of hydrogen-bond donors (Lipinski definition) is 2. The van der Waals surface area contributed by atoms with E-state index in [1.165, 1.54) is 18.4 Å². The van der Waals surface area contributed by atoms with Gasteiger partial charge in [0.15, 0.2) is 0 Å². The molecule has 1 aromatic rings. The summed E-state index contributed by atoms with van der Waals surface area (Å²) in [7, 11) is 1.73. The predicted molar refractivity (Wildman–Crippen MR) is 82.1 cm³/mol. The number of carbonyl (C=O) groups excluding carboxylic acids is 1. The largest absolute Gasteiger partial charge is 0.385 e. The fraction of sp³-hybridized carbons (Fsp3) is 0.588. The minimum absolute atomic E-state index is 0.103. The molecule has 4 nitrogen and oxygen atoms in total. The van der Waals surface area contributed by atoms with E-state index in [4.69, 9.17) is 4.74 Å². The van der Waals surface area contributed by atoms with Gasteiger partial charge in [-0.05, 0) is 42.2 Å². The highest BCUT2D eigenvalue weighted by Gasteiger charge is 2.42. The molecule has 1 aliphatic heterocycles. The molecule has 0 radical (unpaired) electrons. The molecule has 0 spiro atoms. The van der Waals surface area contributed by atoms with E-state index in [1.807, 2.05) is 12.1 Å². The molecule has 1 saturated carbocycles. The van der Waals surface area contributed by atoms with E-state index < -0.39 is 0 Å². The molecule has 1 amide bonds. The Morgan fingerprint density at radius 3 is 3.00 bits per heavy atom. The van der Waals surface area contributed by atoms with Crippen molar-refractivity contribution in [3.05, 3.63) is 35.4 Å². The maximum Gasteiger partial charge on any atom is 0.241 e. The molecule has 2 N–H and O–H groups in total. The van der Waals surface area contributed by atoms with Gasteiger partial charge in [0.05, 0.1) is 0 Å². The van der Waals surface area contributed by atoms with Crippen LogP contribution in [0.2, 0.25) is 0 Å². The number of hydrogen-bond acceptors (Lipinski definition) is 3. The van der Waals surface area contributed by atoms with Gasteiger partial charge in [-0.2, -0.15) is 0 Å². The fourth-order valence-corrected chi connectivity index (χ4v) is 3.13. The maximum absolute atomic E-state index is 12.5. The molecule has 0 saturated heterocycles. The number of ether oxygens (including phenoxy) is 1. The van der Waals surface area contributed by atoms with Crippen molar-refractivity contribution < 1.29 is 9.53 Å². The summed E-state index contributed by atoms with van der Waals surface area (Å²) >= 11 is 0. The van der Waals surface area contributed by atoms with E-state index in [2.05, 4.69) is 22.8 Å². The lowest BCUT2D eigenvalue weighted by Crippen LogP contribution is -2.43. The van der Waals surface area contributed by atoms with Crippen molar-refractivity contribution in [3.8, 4) is 0 Å². The molecule has 1 atom stereocenters. The van der Waals surface area contributed by atoms with Crippen molar-refractivity contribution in [1.82, 2.24) is 10.6 Å². The van der Waals surface area contributed by atoms with Crippen LogP contribution < -0.4 is 10.6 Å². The zero-order valence-corrected chi connectivity index (χ0v) is 12.7. The van der Waals surface area contributed by atoms with Crippen LogP contribution >= 0.6 is 0 Å². The summed E-state index contributed by atoms with van der Waals surface area (Å²) in [6, 6.07) is 8.03. The van der Waals surface area contributed by atoms with Crippen LogP contribution in [-0.2, 0) is 16.0 Å². The molecule has 3 rings (SSSR count). The second kappa shape index (κ2) is 6.16. The number of benzene rings is 1. The quantitative estimate of drug-likeness (QED) is 0.839. The molecule has 1 aromatic carbocycles. The standard InChI is InChI=1S/C17H24N2O2/c1-21-11-9-17(7-8-17)12-19-16(20)15-14-5-3-2-4-13(14)6-10-18-15/h2-5,15,18H,6-12H2,1H3,(H,19,20).